The van der Waals surface area contributed by atoms with Crippen LogP contribution in [0.15, 0.2) is 24.3 Å². The number of rotatable bonds is 9. The molecule has 1 atom stereocenters. The Morgan fingerprint density at radius 2 is 1.93 bits per heavy atom. The third-order valence-corrected chi connectivity index (χ3v) is 10.5. The van der Waals surface area contributed by atoms with Gasteiger partial charge >= 0.3 is 6.18 Å². The zero-order valence-electron chi connectivity index (χ0n) is 26.6. The summed E-state index contributed by atoms with van der Waals surface area (Å²) in [7, 11) is 0. The third-order valence-electron chi connectivity index (χ3n) is 9.44. The Bertz CT molecular complexity index is 1780. The van der Waals surface area contributed by atoms with E-state index >= 15 is 0 Å². The fourth-order valence-corrected chi connectivity index (χ4v) is 7.92. The van der Waals surface area contributed by atoms with Gasteiger partial charge in [-0.2, -0.15) is 18.4 Å². The Hall–Kier alpha value is -3.53. The molecule has 1 N–H and O–H groups in total. The second-order valence-corrected chi connectivity index (χ2v) is 13.9. The van der Waals surface area contributed by atoms with E-state index in [1.165, 1.54) is 11.1 Å². The molecular formula is C34H40F3N7OS. The van der Waals surface area contributed by atoms with Crippen LogP contribution in [0.3, 0.4) is 0 Å². The van der Waals surface area contributed by atoms with E-state index in [0.717, 1.165) is 67.7 Å². The number of benzene rings is 1. The molecule has 0 amide bonds. The molecule has 0 radical (unpaired) electrons. The first-order valence-electron chi connectivity index (χ1n) is 16.1. The van der Waals surface area contributed by atoms with E-state index in [-0.39, 0.29) is 22.7 Å². The van der Waals surface area contributed by atoms with Crippen LogP contribution in [-0.2, 0) is 30.7 Å². The minimum Gasteiger partial charge on any atom is -0.367 e. The summed E-state index contributed by atoms with van der Waals surface area (Å²) < 4.78 is 41.3. The van der Waals surface area contributed by atoms with Crippen LogP contribution >= 0.6 is 11.3 Å². The maximum absolute atomic E-state index is 13.1. The van der Waals surface area contributed by atoms with Crippen LogP contribution in [0.1, 0.15) is 67.1 Å². The normalized spacial score (nSPS) is 18.0. The van der Waals surface area contributed by atoms with Crippen LogP contribution in [0.5, 0.6) is 0 Å². The monoisotopic (exact) mass is 651 g/mol. The summed E-state index contributed by atoms with van der Waals surface area (Å²) in [5.74, 6) is 1.54. The standard InChI is InChI=1S/C34H40F3N7OS/c1-4-31-40-32(29-15-27(16-34(35,36)37)46-33(29)41-31)39-24-9-12-42(13-10-24)19-23-7-8-30-28(22(23)3)14-25(17-38)44(30)18-21(2)43-11-5-6-26(45)20-43/h7-8,14-15,21,24H,4-6,9-13,16,18-20H2,1-3H3,(H,39,40,41)/t21-/m0/s1. The molecule has 2 aliphatic rings. The fraction of sp³-hybridized carbons (Fsp3) is 0.529. The minimum absolute atomic E-state index is 0.149. The van der Waals surface area contributed by atoms with Crippen LogP contribution in [0.2, 0.25) is 0 Å². The van der Waals surface area contributed by atoms with Crippen LogP contribution in [0.25, 0.3) is 21.1 Å². The summed E-state index contributed by atoms with van der Waals surface area (Å²) in [6, 6.07) is 10.6. The molecule has 5 heterocycles. The number of nitrogens with one attached hydrogen (secondary N) is 1. The number of aromatic nitrogens is 3. The molecule has 1 aromatic carbocycles. The Labute approximate surface area is 271 Å². The van der Waals surface area contributed by atoms with Gasteiger partial charge in [-0.25, -0.2) is 9.97 Å². The summed E-state index contributed by atoms with van der Waals surface area (Å²) >= 11 is 1.09. The maximum Gasteiger partial charge on any atom is 0.393 e. The number of likely N-dealkylation sites (tertiary alicyclic amines) is 2. The number of hydrogen-bond acceptors (Lipinski definition) is 8. The number of carbonyl (C=O) groups excluding carboxylic acids is 1. The van der Waals surface area contributed by atoms with Gasteiger partial charge in [-0.05, 0) is 69.0 Å². The molecule has 2 aliphatic heterocycles. The summed E-state index contributed by atoms with van der Waals surface area (Å²) in [4.78, 5) is 26.7. The number of Topliss-reactive ketones (excluding diaryl/α,β-unsaturated/α-hetero) is 1. The molecule has 3 aromatic heterocycles. The first-order valence-corrected chi connectivity index (χ1v) is 17.0. The first-order chi connectivity index (χ1) is 22.0. The number of aryl methyl sites for hydroxylation is 2. The van der Waals surface area contributed by atoms with Crippen molar-refractivity contribution in [1.29, 1.82) is 5.26 Å². The van der Waals surface area contributed by atoms with Gasteiger partial charge in [0, 0.05) is 66.9 Å². The molecule has 6 rings (SSSR count). The van der Waals surface area contributed by atoms with Crippen LogP contribution in [-0.4, -0.2) is 74.6 Å². The average Bonchev–Trinajstić information content (AvgIpc) is 3.59. The molecule has 46 heavy (non-hydrogen) atoms. The lowest BCUT2D eigenvalue weighted by Crippen LogP contribution is -2.43. The lowest BCUT2D eigenvalue weighted by Gasteiger charge is -2.33. The first kappa shape index (κ1) is 32.4. The summed E-state index contributed by atoms with van der Waals surface area (Å²) in [5, 5.41) is 15.3. The highest BCUT2D eigenvalue weighted by Gasteiger charge is 2.30. The lowest BCUT2D eigenvalue weighted by atomic mass is 10.0. The Balaban J connectivity index is 1.12. The van der Waals surface area contributed by atoms with Gasteiger partial charge in [0.05, 0.1) is 18.4 Å². The molecule has 2 saturated heterocycles. The number of carbonyl (C=O) groups is 1. The molecule has 244 valence electrons. The SMILES string of the molecule is CCc1nc(NC2CCN(Cc3ccc4c(cc(C#N)n4C[C@H](C)N4CCCC(=O)C4)c3C)CC2)c2cc(CC(F)(F)F)sc2n1. The van der Waals surface area contributed by atoms with E-state index in [0.29, 0.717) is 53.5 Å². The van der Waals surface area contributed by atoms with Crippen molar-refractivity contribution in [1.82, 2.24) is 24.3 Å². The van der Waals surface area contributed by atoms with E-state index in [4.69, 9.17) is 0 Å². The van der Waals surface area contributed by atoms with Crippen LogP contribution in [0.4, 0.5) is 19.0 Å². The summed E-state index contributed by atoms with van der Waals surface area (Å²) in [5.41, 5.74) is 4.09. The molecule has 4 aromatic rings. The number of fused-ring (bicyclic) bond motifs is 2. The Morgan fingerprint density at radius 3 is 2.63 bits per heavy atom. The highest BCUT2D eigenvalue weighted by molar-refractivity contribution is 7.18. The average molecular weight is 652 g/mol. The Morgan fingerprint density at radius 1 is 1.15 bits per heavy atom. The van der Waals surface area contributed by atoms with Gasteiger partial charge in [0.2, 0.25) is 0 Å². The molecule has 0 bridgehead atoms. The number of piperidine rings is 2. The van der Waals surface area contributed by atoms with Gasteiger partial charge in [0.15, 0.2) is 0 Å². The molecule has 0 unspecified atom stereocenters. The highest BCUT2D eigenvalue weighted by Crippen LogP contribution is 2.34. The van der Waals surface area contributed by atoms with Crippen molar-refractivity contribution in [2.24, 2.45) is 0 Å². The van der Waals surface area contributed by atoms with Crippen LogP contribution < -0.4 is 5.32 Å². The zero-order chi connectivity index (χ0) is 32.6. The minimum atomic E-state index is -4.26. The fourth-order valence-electron chi connectivity index (χ4n) is 6.84. The van der Waals surface area contributed by atoms with Gasteiger partial charge in [0.1, 0.15) is 34.0 Å². The number of thiophene rings is 1. The lowest BCUT2D eigenvalue weighted by molar-refractivity contribution is -0.126. The highest BCUT2D eigenvalue weighted by atomic mass is 32.1. The predicted molar refractivity (Wildman–Crippen MR) is 175 cm³/mol. The van der Waals surface area contributed by atoms with E-state index in [1.807, 2.05) is 13.0 Å². The number of nitriles is 1. The molecule has 8 nitrogen and oxygen atoms in total. The number of hydrogen-bond donors (Lipinski definition) is 1. The van der Waals surface area contributed by atoms with Crippen molar-refractivity contribution in [3.63, 3.8) is 0 Å². The number of anilines is 1. The van der Waals surface area contributed by atoms with Crippen molar-refractivity contribution >= 4 is 44.1 Å². The van der Waals surface area contributed by atoms with Crippen LogP contribution in [0, 0.1) is 18.3 Å². The van der Waals surface area contributed by atoms with Gasteiger partial charge < -0.3 is 9.88 Å². The van der Waals surface area contributed by atoms with Crippen molar-refractivity contribution < 1.29 is 18.0 Å². The van der Waals surface area contributed by atoms with E-state index in [2.05, 4.69) is 61.7 Å². The van der Waals surface area contributed by atoms with Crippen molar-refractivity contribution in [3.05, 3.63) is 51.8 Å². The maximum atomic E-state index is 13.1. The number of halogens is 3. The molecule has 0 aliphatic carbocycles. The number of alkyl halides is 3. The van der Waals surface area contributed by atoms with E-state index < -0.39 is 12.6 Å². The second kappa shape index (κ2) is 13.3. The van der Waals surface area contributed by atoms with E-state index in [1.54, 1.807) is 6.07 Å². The van der Waals surface area contributed by atoms with E-state index in [9.17, 15) is 23.2 Å². The predicted octanol–water partition coefficient (Wildman–Crippen LogP) is 6.62. The van der Waals surface area contributed by atoms with Crippen molar-refractivity contribution in [2.75, 3.05) is 31.5 Å². The summed E-state index contributed by atoms with van der Waals surface area (Å²) in [6.07, 6.45) is -1.29. The molecule has 12 heteroatoms. The van der Waals surface area contributed by atoms with Gasteiger partial charge in [-0.3, -0.25) is 14.6 Å². The topological polar surface area (TPSA) is 90.1 Å². The van der Waals surface area contributed by atoms with Gasteiger partial charge in [-0.15, -0.1) is 11.3 Å². The quantitative estimate of drug-likeness (QED) is 0.218. The van der Waals surface area contributed by atoms with Gasteiger partial charge in [-0.1, -0.05) is 13.0 Å². The molecule has 0 spiro atoms. The molecule has 2 fully saturated rings. The second-order valence-electron chi connectivity index (χ2n) is 12.8. The van der Waals surface area contributed by atoms with Crippen molar-refractivity contribution in [3.8, 4) is 6.07 Å². The number of ketones is 1. The zero-order valence-corrected chi connectivity index (χ0v) is 27.4. The van der Waals surface area contributed by atoms with Crippen molar-refractivity contribution in [2.45, 2.75) is 90.6 Å². The molecular weight excluding hydrogens is 611 g/mol. The summed E-state index contributed by atoms with van der Waals surface area (Å²) in [6.45, 7) is 10.8. The smallest absolute Gasteiger partial charge is 0.367 e. The largest absolute Gasteiger partial charge is 0.393 e. The Kier molecular flexibility index (Phi) is 9.37. The molecule has 0 saturated carbocycles. The third kappa shape index (κ3) is 7.06. The van der Waals surface area contributed by atoms with Gasteiger partial charge in [0.25, 0.3) is 0 Å². The number of nitrogens with zero attached hydrogens (tertiary/aromatic N) is 6.